The van der Waals surface area contributed by atoms with Gasteiger partial charge < -0.3 is 0 Å². The lowest BCUT2D eigenvalue weighted by Gasteiger charge is -2.34. The minimum absolute atomic E-state index is 0.320. The highest BCUT2D eigenvalue weighted by molar-refractivity contribution is 5.82. The molecule has 1 aliphatic rings. The van der Waals surface area contributed by atoms with Gasteiger partial charge in [-0.3, -0.25) is 9.69 Å². The quantitative estimate of drug-likeness (QED) is 0.754. The molecule has 1 saturated carbocycles. The predicted molar refractivity (Wildman–Crippen MR) is 65.4 cm³/mol. The number of hydrogen-bond donors (Lipinski definition) is 0. The van der Waals surface area contributed by atoms with Gasteiger partial charge in [-0.2, -0.15) is 0 Å². The fourth-order valence-electron chi connectivity index (χ4n) is 2.11. The molecule has 1 aromatic carbocycles. The van der Waals surface area contributed by atoms with Gasteiger partial charge in [-0.05, 0) is 25.5 Å². The highest BCUT2D eigenvalue weighted by Crippen LogP contribution is 2.23. The standard InChI is InChI=1S/C14H19NO/c1-15(13-8-5-9-13)11-14(16)10-12-6-3-2-4-7-12/h2-4,6-7,13H,5,8-11H2,1H3. The van der Waals surface area contributed by atoms with E-state index < -0.39 is 0 Å². The second-order valence-electron chi connectivity index (χ2n) is 4.70. The van der Waals surface area contributed by atoms with Crippen molar-refractivity contribution >= 4 is 5.78 Å². The third-order valence-electron chi connectivity index (χ3n) is 3.37. The molecule has 86 valence electrons. The third kappa shape index (κ3) is 2.92. The molecule has 16 heavy (non-hydrogen) atoms. The summed E-state index contributed by atoms with van der Waals surface area (Å²) in [7, 11) is 2.06. The number of Topliss-reactive ketones (excluding diaryl/α,β-unsaturated/α-hetero) is 1. The van der Waals surface area contributed by atoms with Gasteiger partial charge in [0.15, 0.2) is 5.78 Å². The fourth-order valence-corrected chi connectivity index (χ4v) is 2.11. The number of carbonyl (C=O) groups excluding carboxylic acids is 1. The Hall–Kier alpha value is -1.15. The summed E-state index contributed by atoms with van der Waals surface area (Å²) < 4.78 is 0. The van der Waals surface area contributed by atoms with Gasteiger partial charge in [-0.1, -0.05) is 36.8 Å². The maximum absolute atomic E-state index is 11.8. The first-order valence-electron chi connectivity index (χ1n) is 6.01. The van der Waals surface area contributed by atoms with Gasteiger partial charge in [0.2, 0.25) is 0 Å². The maximum Gasteiger partial charge on any atom is 0.151 e. The van der Waals surface area contributed by atoms with Crippen molar-refractivity contribution in [1.82, 2.24) is 4.90 Å². The van der Waals surface area contributed by atoms with E-state index >= 15 is 0 Å². The van der Waals surface area contributed by atoms with Crippen molar-refractivity contribution in [2.24, 2.45) is 0 Å². The molecule has 1 aromatic rings. The molecule has 2 rings (SSSR count). The first kappa shape index (κ1) is 11.3. The number of likely N-dealkylation sites (N-methyl/N-ethyl adjacent to an activating group) is 1. The summed E-state index contributed by atoms with van der Waals surface area (Å²) in [6.07, 6.45) is 4.41. The largest absolute Gasteiger partial charge is 0.298 e. The molecule has 2 heteroatoms. The monoisotopic (exact) mass is 217 g/mol. The SMILES string of the molecule is CN(CC(=O)Cc1ccccc1)C1CCC1. The van der Waals surface area contributed by atoms with Crippen molar-refractivity contribution in [3.8, 4) is 0 Å². The first-order valence-corrected chi connectivity index (χ1v) is 6.01. The minimum atomic E-state index is 0.320. The topological polar surface area (TPSA) is 20.3 Å². The number of benzene rings is 1. The summed E-state index contributed by atoms with van der Waals surface area (Å²) in [4.78, 5) is 14.0. The average molecular weight is 217 g/mol. The summed E-state index contributed by atoms with van der Waals surface area (Å²) in [5.41, 5.74) is 1.12. The van der Waals surface area contributed by atoms with E-state index in [1.807, 2.05) is 30.3 Å². The number of ketones is 1. The van der Waals surface area contributed by atoms with Gasteiger partial charge in [-0.15, -0.1) is 0 Å². The van der Waals surface area contributed by atoms with Crippen LogP contribution in [0.5, 0.6) is 0 Å². The smallest absolute Gasteiger partial charge is 0.151 e. The Labute approximate surface area is 97.3 Å². The zero-order valence-electron chi connectivity index (χ0n) is 9.86. The molecule has 0 bridgehead atoms. The second kappa shape index (κ2) is 5.26. The van der Waals surface area contributed by atoms with Crippen molar-refractivity contribution in [2.75, 3.05) is 13.6 Å². The highest BCUT2D eigenvalue weighted by atomic mass is 16.1. The number of carbonyl (C=O) groups is 1. The van der Waals surface area contributed by atoms with Crippen LogP contribution in [0.1, 0.15) is 24.8 Å². The zero-order chi connectivity index (χ0) is 11.4. The fraction of sp³-hybridized carbons (Fsp3) is 0.500. The lowest BCUT2D eigenvalue weighted by Crippen LogP contribution is -2.40. The molecule has 0 amide bonds. The first-order chi connectivity index (χ1) is 7.75. The summed E-state index contributed by atoms with van der Waals surface area (Å²) in [6.45, 7) is 0.597. The van der Waals surface area contributed by atoms with Crippen LogP contribution in [0.15, 0.2) is 30.3 Å². The number of nitrogens with zero attached hydrogens (tertiary/aromatic N) is 1. The number of rotatable bonds is 5. The van der Waals surface area contributed by atoms with E-state index in [2.05, 4.69) is 11.9 Å². The molecular formula is C14H19NO. The molecule has 0 N–H and O–H groups in total. The van der Waals surface area contributed by atoms with E-state index in [4.69, 9.17) is 0 Å². The molecule has 0 aromatic heterocycles. The van der Waals surface area contributed by atoms with E-state index in [0.717, 1.165) is 5.56 Å². The van der Waals surface area contributed by atoms with Crippen LogP contribution in [0, 0.1) is 0 Å². The maximum atomic E-state index is 11.8. The molecule has 2 nitrogen and oxygen atoms in total. The van der Waals surface area contributed by atoms with Gasteiger partial charge in [0.1, 0.15) is 0 Å². The van der Waals surface area contributed by atoms with Crippen LogP contribution in [-0.2, 0) is 11.2 Å². The van der Waals surface area contributed by atoms with Gasteiger partial charge in [0.25, 0.3) is 0 Å². The number of hydrogen-bond acceptors (Lipinski definition) is 2. The third-order valence-corrected chi connectivity index (χ3v) is 3.37. The molecule has 0 heterocycles. The van der Waals surface area contributed by atoms with Gasteiger partial charge >= 0.3 is 0 Å². The molecule has 0 radical (unpaired) electrons. The lowest BCUT2D eigenvalue weighted by molar-refractivity contribution is -0.120. The van der Waals surface area contributed by atoms with Crippen molar-refractivity contribution in [3.05, 3.63) is 35.9 Å². The van der Waals surface area contributed by atoms with Gasteiger partial charge in [0.05, 0.1) is 6.54 Å². The summed E-state index contributed by atoms with van der Waals surface area (Å²) in [5, 5.41) is 0. The van der Waals surface area contributed by atoms with Crippen molar-refractivity contribution < 1.29 is 4.79 Å². The average Bonchev–Trinajstić information content (AvgIpc) is 2.15. The van der Waals surface area contributed by atoms with Gasteiger partial charge in [-0.25, -0.2) is 0 Å². The molecule has 0 unspecified atom stereocenters. The summed E-state index contributed by atoms with van der Waals surface area (Å²) in [5.74, 6) is 0.320. The van der Waals surface area contributed by atoms with Crippen LogP contribution in [0.4, 0.5) is 0 Å². The van der Waals surface area contributed by atoms with Gasteiger partial charge in [0, 0.05) is 12.5 Å². The molecule has 1 aliphatic carbocycles. The van der Waals surface area contributed by atoms with Crippen LogP contribution >= 0.6 is 0 Å². The predicted octanol–water partition coefficient (Wildman–Crippen LogP) is 2.28. The van der Waals surface area contributed by atoms with Crippen molar-refractivity contribution in [3.63, 3.8) is 0 Å². The molecule has 1 fully saturated rings. The Morgan fingerprint density at radius 2 is 2.00 bits per heavy atom. The Balaban J connectivity index is 1.80. The van der Waals surface area contributed by atoms with Crippen molar-refractivity contribution in [1.29, 1.82) is 0 Å². The lowest BCUT2D eigenvalue weighted by atomic mass is 9.91. The Bertz CT molecular complexity index is 343. The van der Waals surface area contributed by atoms with Crippen LogP contribution in [0.2, 0.25) is 0 Å². The van der Waals surface area contributed by atoms with E-state index in [1.54, 1.807) is 0 Å². The molecule has 0 atom stereocenters. The van der Waals surface area contributed by atoms with E-state index in [0.29, 0.717) is 24.8 Å². The normalized spacial score (nSPS) is 16.1. The van der Waals surface area contributed by atoms with Crippen LogP contribution < -0.4 is 0 Å². The Morgan fingerprint density at radius 1 is 1.31 bits per heavy atom. The van der Waals surface area contributed by atoms with Crippen LogP contribution in [0.25, 0.3) is 0 Å². The molecule has 0 saturated heterocycles. The Kier molecular flexibility index (Phi) is 3.73. The summed E-state index contributed by atoms with van der Waals surface area (Å²) >= 11 is 0. The Morgan fingerprint density at radius 3 is 2.56 bits per heavy atom. The molecule has 0 aliphatic heterocycles. The zero-order valence-corrected chi connectivity index (χ0v) is 9.86. The van der Waals surface area contributed by atoms with E-state index in [-0.39, 0.29) is 0 Å². The van der Waals surface area contributed by atoms with Crippen LogP contribution in [-0.4, -0.2) is 30.3 Å². The minimum Gasteiger partial charge on any atom is -0.298 e. The second-order valence-corrected chi connectivity index (χ2v) is 4.70. The highest BCUT2D eigenvalue weighted by Gasteiger charge is 2.23. The van der Waals surface area contributed by atoms with Crippen LogP contribution in [0.3, 0.4) is 0 Å². The van der Waals surface area contributed by atoms with E-state index in [1.165, 1.54) is 19.3 Å². The molecular weight excluding hydrogens is 198 g/mol. The van der Waals surface area contributed by atoms with E-state index in [9.17, 15) is 4.79 Å². The summed E-state index contributed by atoms with van der Waals surface area (Å²) in [6, 6.07) is 10.6. The van der Waals surface area contributed by atoms with Crippen molar-refractivity contribution in [2.45, 2.75) is 31.7 Å². The molecule has 0 spiro atoms.